The molecule has 0 atom stereocenters. The number of carbonyl (C=O) groups excluding carboxylic acids is 1. The van der Waals surface area contributed by atoms with Crippen LogP contribution in [0.5, 0.6) is 5.75 Å². The summed E-state index contributed by atoms with van der Waals surface area (Å²) in [7, 11) is 1.52. The lowest BCUT2D eigenvalue weighted by Gasteiger charge is -2.21. The van der Waals surface area contributed by atoms with Crippen LogP contribution in [0.25, 0.3) is 17.4 Å². The first-order valence-corrected chi connectivity index (χ1v) is 9.76. The number of amides is 1. The first-order chi connectivity index (χ1) is 16.0. The second kappa shape index (κ2) is 10.4. The number of nitro groups is 1. The van der Waals surface area contributed by atoms with Gasteiger partial charge in [0.05, 0.1) is 30.1 Å². The monoisotopic (exact) mass is 442 g/mol. The van der Waals surface area contributed by atoms with Gasteiger partial charge < -0.3 is 14.1 Å². The van der Waals surface area contributed by atoms with E-state index in [-0.39, 0.29) is 41.3 Å². The molecule has 164 valence electrons. The molecular formula is C24H18N4O5. The molecule has 0 aliphatic heterocycles. The van der Waals surface area contributed by atoms with Crippen LogP contribution in [0, 0.1) is 32.8 Å². The number of rotatable bonds is 8. The van der Waals surface area contributed by atoms with Crippen molar-refractivity contribution in [1.82, 2.24) is 0 Å². The predicted molar refractivity (Wildman–Crippen MR) is 120 cm³/mol. The van der Waals surface area contributed by atoms with Crippen molar-refractivity contribution in [3.05, 3.63) is 82.1 Å². The average Bonchev–Trinajstić information content (AvgIpc) is 3.31. The highest BCUT2D eigenvalue weighted by molar-refractivity contribution is 6.11. The van der Waals surface area contributed by atoms with Gasteiger partial charge in [-0.1, -0.05) is 12.1 Å². The molecule has 3 aromatic rings. The summed E-state index contributed by atoms with van der Waals surface area (Å²) in [4.78, 5) is 25.2. The van der Waals surface area contributed by atoms with Gasteiger partial charge in [-0.2, -0.15) is 10.5 Å². The Hall–Kier alpha value is -4.89. The zero-order valence-corrected chi connectivity index (χ0v) is 17.6. The van der Waals surface area contributed by atoms with Gasteiger partial charge in [0.25, 0.3) is 11.6 Å². The van der Waals surface area contributed by atoms with E-state index in [9.17, 15) is 20.2 Å². The quantitative estimate of drug-likeness (QED) is 0.213. The van der Waals surface area contributed by atoms with Crippen molar-refractivity contribution < 1.29 is 18.9 Å². The topological polar surface area (TPSA) is 133 Å². The van der Waals surface area contributed by atoms with Crippen molar-refractivity contribution in [2.75, 3.05) is 18.6 Å². The predicted octanol–water partition coefficient (Wildman–Crippen LogP) is 4.72. The molecule has 0 saturated carbocycles. The van der Waals surface area contributed by atoms with Gasteiger partial charge in [0.2, 0.25) is 0 Å². The maximum atomic E-state index is 13.1. The molecule has 0 spiro atoms. The third-order valence-corrected chi connectivity index (χ3v) is 4.71. The fraction of sp³-hybridized carbons (Fsp3) is 0.125. The molecule has 2 aromatic carbocycles. The van der Waals surface area contributed by atoms with Crippen LogP contribution in [0.1, 0.15) is 12.2 Å². The highest BCUT2D eigenvalue weighted by Crippen LogP contribution is 2.31. The number of nitro benzene ring substituents is 1. The molecule has 33 heavy (non-hydrogen) atoms. The largest absolute Gasteiger partial charge is 0.497 e. The Kier molecular flexibility index (Phi) is 7.20. The first-order valence-electron chi connectivity index (χ1n) is 9.76. The molecule has 0 bridgehead atoms. The number of para-hydroxylation sites is 1. The molecule has 9 nitrogen and oxygen atoms in total. The van der Waals surface area contributed by atoms with E-state index in [4.69, 9.17) is 14.4 Å². The number of hydrogen-bond donors (Lipinski definition) is 0. The molecule has 1 amide bonds. The lowest BCUT2D eigenvalue weighted by molar-refractivity contribution is -0.384. The SMILES string of the molecule is COc1ccc(N(CCC#N)C(=O)/C(C#N)=C/c2ccc(-c3ccccc3[N+](=O)[O-])o2)cc1. The number of carbonyl (C=O) groups is 1. The van der Waals surface area contributed by atoms with E-state index in [0.717, 1.165) is 0 Å². The minimum Gasteiger partial charge on any atom is -0.497 e. The smallest absolute Gasteiger partial charge is 0.280 e. The molecule has 0 unspecified atom stereocenters. The van der Waals surface area contributed by atoms with Crippen molar-refractivity contribution >= 4 is 23.4 Å². The number of ether oxygens (including phenoxy) is 1. The second-order valence-corrected chi connectivity index (χ2v) is 6.71. The van der Waals surface area contributed by atoms with Crippen LogP contribution < -0.4 is 9.64 Å². The zero-order valence-electron chi connectivity index (χ0n) is 17.6. The number of anilines is 1. The van der Waals surface area contributed by atoms with E-state index < -0.39 is 10.8 Å². The fourth-order valence-corrected chi connectivity index (χ4v) is 3.12. The van der Waals surface area contributed by atoms with E-state index in [2.05, 4.69) is 0 Å². The minimum absolute atomic E-state index is 0.0685. The van der Waals surface area contributed by atoms with Crippen LogP contribution >= 0.6 is 0 Å². The number of furan rings is 1. The van der Waals surface area contributed by atoms with E-state index >= 15 is 0 Å². The molecule has 1 heterocycles. The summed E-state index contributed by atoms with van der Waals surface area (Å²) in [6, 6.07) is 19.7. The summed E-state index contributed by atoms with van der Waals surface area (Å²) in [6.45, 7) is 0.0836. The van der Waals surface area contributed by atoms with Gasteiger partial charge in [-0.15, -0.1) is 0 Å². The summed E-state index contributed by atoms with van der Waals surface area (Å²) < 4.78 is 10.8. The Bertz CT molecular complexity index is 1280. The van der Waals surface area contributed by atoms with Crippen molar-refractivity contribution in [1.29, 1.82) is 10.5 Å². The van der Waals surface area contributed by atoms with E-state index in [1.165, 1.54) is 36.3 Å². The number of benzene rings is 2. The fourth-order valence-electron chi connectivity index (χ4n) is 3.12. The molecule has 3 rings (SSSR count). The second-order valence-electron chi connectivity index (χ2n) is 6.71. The lowest BCUT2D eigenvalue weighted by Crippen LogP contribution is -2.32. The third kappa shape index (κ3) is 5.24. The average molecular weight is 442 g/mol. The molecule has 0 aliphatic carbocycles. The van der Waals surface area contributed by atoms with Crippen LogP contribution in [0.4, 0.5) is 11.4 Å². The molecule has 9 heteroatoms. The maximum Gasteiger partial charge on any atom is 0.280 e. The normalized spacial score (nSPS) is 10.7. The van der Waals surface area contributed by atoms with E-state index in [1.807, 2.05) is 12.1 Å². The third-order valence-electron chi connectivity index (χ3n) is 4.71. The highest BCUT2D eigenvalue weighted by atomic mass is 16.6. The van der Waals surface area contributed by atoms with Gasteiger partial charge in [0.15, 0.2) is 0 Å². The van der Waals surface area contributed by atoms with Crippen LogP contribution in [-0.4, -0.2) is 24.5 Å². The molecule has 1 aromatic heterocycles. The van der Waals surface area contributed by atoms with Crippen LogP contribution in [0.15, 0.2) is 70.7 Å². The van der Waals surface area contributed by atoms with Gasteiger partial charge >= 0.3 is 0 Å². The molecule has 0 aliphatic rings. The van der Waals surface area contributed by atoms with Gasteiger partial charge in [-0.05, 0) is 42.5 Å². The van der Waals surface area contributed by atoms with Crippen molar-refractivity contribution in [2.24, 2.45) is 0 Å². The lowest BCUT2D eigenvalue weighted by atomic mass is 10.1. The Morgan fingerprint density at radius 2 is 1.88 bits per heavy atom. The maximum absolute atomic E-state index is 13.1. The highest BCUT2D eigenvalue weighted by Gasteiger charge is 2.22. The van der Waals surface area contributed by atoms with Crippen LogP contribution in [0.3, 0.4) is 0 Å². The van der Waals surface area contributed by atoms with Gasteiger partial charge in [-0.25, -0.2) is 0 Å². The van der Waals surface area contributed by atoms with Crippen LogP contribution in [-0.2, 0) is 4.79 Å². The summed E-state index contributed by atoms with van der Waals surface area (Å²) >= 11 is 0. The molecular weight excluding hydrogens is 424 g/mol. The number of nitriles is 2. The first kappa shape index (κ1) is 22.8. The van der Waals surface area contributed by atoms with E-state index in [0.29, 0.717) is 11.4 Å². The van der Waals surface area contributed by atoms with Gasteiger partial charge in [0.1, 0.15) is 28.9 Å². The summed E-state index contributed by atoms with van der Waals surface area (Å²) in [5.41, 5.74) is 0.437. The number of hydrogen-bond acceptors (Lipinski definition) is 7. The van der Waals surface area contributed by atoms with Gasteiger partial charge in [0, 0.05) is 24.4 Å². The minimum atomic E-state index is -0.610. The van der Waals surface area contributed by atoms with Crippen LogP contribution in [0.2, 0.25) is 0 Å². The molecule has 0 radical (unpaired) electrons. The molecule has 0 N–H and O–H groups in total. The Morgan fingerprint density at radius 1 is 1.15 bits per heavy atom. The molecule has 0 saturated heterocycles. The van der Waals surface area contributed by atoms with Crippen molar-refractivity contribution in [3.63, 3.8) is 0 Å². The number of nitrogens with zero attached hydrogens (tertiary/aromatic N) is 4. The summed E-state index contributed by atoms with van der Waals surface area (Å²) in [5, 5.41) is 29.9. The Labute approximate surface area is 189 Å². The van der Waals surface area contributed by atoms with Crippen molar-refractivity contribution in [2.45, 2.75) is 6.42 Å². The van der Waals surface area contributed by atoms with E-state index in [1.54, 1.807) is 42.5 Å². The number of methoxy groups -OCH3 is 1. The zero-order chi connectivity index (χ0) is 23.8. The Balaban J connectivity index is 1.93. The summed E-state index contributed by atoms with van der Waals surface area (Å²) in [5.74, 6) is 0.403. The summed E-state index contributed by atoms with van der Waals surface area (Å²) in [6.07, 6.45) is 1.34. The standard InChI is InChI=1S/C24H18N4O5/c1-32-19-9-7-18(8-10-19)27(14-4-13-25)24(29)17(16-26)15-20-11-12-23(33-20)21-5-2-3-6-22(21)28(30)31/h2-3,5-12,15H,4,14H2,1H3/b17-15+. The van der Waals surface area contributed by atoms with Gasteiger partial charge in [-0.3, -0.25) is 14.9 Å². The molecule has 0 fully saturated rings. The van der Waals surface area contributed by atoms with Crippen molar-refractivity contribution in [3.8, 4) is 29.2 Å². The Morgan fingerprint density at radius 3 is 2.52 bits per heavy atom.